The van der Waals surface area contributed by atoms with Crippen LogP contribution >= 0.6 is 0 Å². The Labute approximate surface area is 131 Å². The number of allylic oxidation sites excluding steroid dienone is 1. The Bertz CT molecular complexity index is 272. The van der Waals surface area contributed by atoms with Gasteiger partial charge in [0.15, 0.2) is 0 Å². The van der Waals surface area contributed by atoms with E-state index in [1.807, 2.05) is 6.92 Å². The first-order valence-electron chi connectivity index (χ1n) is 7.99. The van der Waals surface area contributed by atoms with Crippen molar-refractivity contribution in [1.82, 2.24) is 0 Å². The number of carbonyl (C=O) groups is 1. The molecule has 0 aliphatic heterocycles. The molecule has 4 nitrogen and oxygen atoms in total. The Hall–Kier alpha value is -0.805. The minimum absolute atomic E-state index is 0.0694. The molecule has 0 spiro atoms. The minimum Gasteiger partial charge on any atom is -0.480 e. The van der Waals surface area contributed by atoms with Crippen LogP contribution in [0.4, 0.5) is 0 Å². The van der Waals surface area contributed by atoms with Crippen LogP contribution in [0.5, 0.6) is 0 Å². The first-order chi connectivity index (χ1) is 9.94. The Morgan fingerprint density at radius 2 is 2.00 bits per heavy atom. The number of hydrogen-bond donors (Lipinski definition) is 3. The van der Waals surface area contributed by atoms with Gasteiger partial charge in [0, 0.05) is 0 Å². The molecule has 0 heterocycles. The summed E-state index contributed by atoms with van der Waals surface area (Å²) in [6.45, 7) is 9.61. The molecular weight excluding hydrogens is 265 g/mol. The quantitative estimate of drug-likeness (QED) is 0.399. The summed E-state index contributed by atoms with van der Waals surface area (Å²) >= 11 is 0. The summed E-state index contributed by atoms with van der Waals surface area (Å²) in [6, 6.07) is 0. The monoisotopic (exact) mass is 298 g/mol. The molecule has 4 N–H and O–H groups in total. The molecule has 0 aromatic heterocycles. The van der Waals surface area contributed by atoms with Crippen molar-refractivity contribution in [2.45, 2.75) is 77.6 Å². The van der Waals surface area contributed by atoms with Crippen molar-refractivity contribution in [1.29, 1.82) is 0 Å². The lowest BCUT2D eigenvalue weighted by atomic mass is 9.82. The van der Waals surface area contributed by atoms with Crippen molar-refractivity contribution >= 4 is 13.5 Å². The molecule has 0 saturated heterocycles. The molecule has 0 aromatic rings. The molecule has 2 unspecified atom stereocenters. The second-order valence-electron chi connectivity index (χ2n) is 5.46. The molecule has 1 radical (unpaired) electrons. The maximum atomic E-state index is 11.0. The molecule has 5 heteroatoms. The average molecular weight is 298 g/mol. The number of rotatable bonds is 6. The van der Waals surface area contributed by atoms with Crippen LogP contribution in [0.25, 0.3) is 0 Å². The number of carboxylic acid groups (broad SMARTS) is 1. The van der Waals surface area contributed by atoms with Gasteiger partial charge in [-0.05, 0) is 32.1 Å². The van der Waals surface area contributed by atoms with Crippen LogP contribution in [0.3, 0.4) is 0 Å². The van der Waals surface area contributed by atoms with E-state index in [0.717, 1.165) is 33.2 Å². The zero-order valence-electron chi connectivity index (χ0n) is 14.0. The molecule has 2 atom stereocenters. The largest absolute Gasteiger partial charge is 0.480 e. The lowest BCUT2D eigenvalue weighted by Crippen LogP contribution is -2.50. The van der Waals surface area contributed by atoms with Gasteiger partial charge in [-0.3, -0.25) is 4.79 Å². The number of aliphatic carboxylic acids is 1. The second kappa shape index (κ2) is 14.1. The van der Waals surface area contributed by atoms with Crippen LogP contribution in [0.2, 0.25) is 6.32 Å². The molecule has 0 amide bonds. The molecule has 0 bridgehead atoms. The van der Waals surface area contributed by atoms with E-state index in [9.17, 15) is 4.79 Å². The molecule has 1 aliphatic rings. The number of hydrogen-bond acceptors (Lipinski definition) is 3. The highest BCUT2D eigenvalue weighted by atomic mass is 16.4. The maximum absolute atomic E-state index is 11.0. The Kier molecular flexibility index (Phi) is 15.1. The standard InChI is InChI=1S/C9H17BNO3.C4H10.C3H6/c11-9(8(12)13)5-1-3-7(9)4-2-6-10-14;1-3-4-2;1-3-2/h7,14H,1-6,11H2,(H,12,13);3-4H2,1-2H3;3H,1H2,2H3. The molecule has 123 valence electrons. The molecule has 1 fully saturated rings. The lowest BCUT2D eigenvalue weighted by Gasteiger charge is -2.26. The van der Waals surface area contributed by atoms with Gasteiger partial charge >= 0.3 is 5.97 Å². The zero-order chi connectivity index (χ0) is 16.7. The summed E-state index contributed by atoms with van der Waals surface area (Å²) in [7, 11) is 1.12. The van der Waals surface area contributed by atoms with E-state index in [-0.39, 0.29) is 5.92 Å². The second-order valence-corrected chi connectivity index (χ2v) is 5.46. The van der Waals surface area contributed by atoms with E-state index in [0.29, 0.717) is 12.7 Å². The van der Waals surface area contributed by atoms with Crippen molar-refractivity contribution in [3.63, 3.8) is 0 Å². The van der Waals surface area contributed by atoms with E-state index in [1.54, 1.807) is 6.08 Å². The highest BCUT2D eigenvalue weighted by Gasteiger charge is 2.45. The van der Waals surface area contributed by atoms with Gasteiger partial charge in [-0.2, -0.15) is 0 Å². The third-order valence-corrected chi connectivity index (χ3v) is 3.66. The minimum atomic E-state index is -1.02. The lowest BCUT2D eigenvalue weighted by molar-refractivity contribution is -0.144. The highest BCUT2D eigenvalue weighted by molar-refractivity contribution is 6.25. The van der Waals surface area contributed by atoms with Crippen molar-refractivity contribution in [3.8, 4) is 0 Å². The summed E-state index contributed by atoms with van der Waals surface area (Å²) in [5.74, 6) is -0.812. The van der Waals surface area contributed by atoms with E-state index >= 15 is 0 Å². The van der Waals surface area contributed by atoms with Crippen LogP contribution in [0, 0.1) is 5.92 Å². The van der Waals surface area contributed by atoms with Crippen LogP contribution in [0.15, 0.2) is 12.7 Å². The van der Waals surface area contributed by atoms with Crippen molar-refractivity contribution in [3.05, 3.63) is 12.7 Å². The summed E-state index contributed by atoms with van der Waals surface area (Å²) in [4.78, 5) is 11.0. The fourth-order valence-corrected chi connectivity index (χ4v) is 2.24. The van der Waals surface area contributed by atoms with Gasteiger partial charge in [-0.25, -0.2) is 0 Å². The summed E-state index contributed by atoms with van der Waals surface area (Å²) < 4.78 is 0. The predicted molar refractivity (Wildman–Crippen MR) is 90.4 cm³/mol. The third kappa shape index (κ3) is 9.69. The molecule has 1 rings (SSSR count). The number of unbranched alkanes of at least 4 members (excludes halogenated alkanes) is 1. The third-order valence-electron chi connectivity index (χ3n) is 3.66. The van der Waals surface area contributed by atoms with Crippen LogP contribution in [-0.2, 0) is 4.79 Å². The molecule has 1 aliphatic carbocycles. The SMILES string of the molecule is C=CC.CCCC.NC1(C(=O)O)CCCC1CCC[B]O. The molecule has 21 heavy (non-hydrogen) atoms. The zero-order valence-corrected chi connectivity index (χ0v) is 14.0. The van der Waals surface area contributed by atoms with Crippen molar-refractivity contribution in [2.24, 2.45) is 11.7 Å². The van der Waals surface area contributed by atoms with E-state index < -0.39 is 11.5 Å². The van der Waals surface area contributed by atoms with Gasteiger partial charge in [-0.1, -0.05) is 51.9 Å². The van der Waals surface area contributed by atoms with Crippen molar-refractivity contribution < 1.29 is 14.9 Å². The van der Waals surface area contributed by atoms with E-state index in [2.05, 4.69) is 20.4 Å². The molecule has 1 saturated carbocycles. The smallest absolute Gasteiger partial charge is 0.323 e. The van der Waals surface area contributed by atoms with Gasteiger partial charge in [-0.15, -0.1) is 6.58 Å². The highest BCUT2D eigenvalue weighted by Crippen LogP contribution is 2.37. The van der Waals surface area contributed by atoms with E-state index in [1.165, 1.54) is 12.8 Å². The number of carboxylic acids is 1. The average Bonchev–Trinajstić information content (AvgIpc) is 2.83. The maximum Gasteiger partial charge on any atom is 0.323 e. The van der Waals surface area contributed by atoms with E-state index in [4.69, 9.17) is 15.9 Å². The summed E-state index contributed by atoms with van der Waals surface area (Å²) in [6.07, 6.45) is 8.99. The van der Waals surface area contributed by atoms with Crippen LogP contribution in [0.1, 0.15) is 65.7 Å². The summed E-state index contributed by atoms with van der Waals surface area (Å²) in [5, 5.41) is 17.5. The Balaban J connectivity index is 0. The van der Waals surface area contributed by atoms with Gasteiger partial charge in [0.2, 0.25) is 0 Å². The van der Waals surface area contributed by atoms with Crippen molar-refractivity contribution in [2.75, 3.05) is 0 Å². The Morgan fingerprint density at radius 3 is 2.38 bits per heavy atom. The predicted octanol–water partition coefficient (Wildman–Crippen LogP) is 3.38. The molecular formula is C16H33BNO3. The van der Waals surface area contributed by atoms with Gasteiger partial charge in [0.25, 0.3) is 7.48 Å². The first-order valence-corrected chi connectivity index (χ1v) is 7.99. The first kappa shape index (κ1) is 22.5. The number of nitrogens with two attached hydrogens (primary N) is 1. The van der Waals surface area contributed by atoms with Gasteiger partial charge < -0.3 is 15.9 Å². The van der Waals surface area contributed by atoms with Crippen LogP contribution in [-0.4, -0.2) is 29.1 Å². The fraction of sp³-hybridized carbons (Fsp3) is 0.812. The Morgan fingerprint density at radius 1 is 1.48 bits per heavy atom. The van der Waals surface area contributed by atoms with Crippen LogP contribution < -0.4 is 5.73 Å². The molecule has 0 aromatic carbocycles. The fourth-order valence-electron chi connectivity index (χ4n) is 2.24. The summed E-state index contributed by atoms with van der Waals surface area (Å²) in [5.41, 5.74) is 4.84. The van der Waals surface area contributed by atoms with Gasteiger partial charge in [0.05, 0.1) is 0 Å². The normalized spacial score (nSPS) is 23.2. The topological polar surface area (TPSA) is 83.6 Å². The van der Waals surface area contributed by atoms with Gasteiger partial charge in [0.1, 0.15) is 5.54 Å².